The molecule has 3 heterocycles. The van der Waals surface area contributed by atoms with Gasteiger partial charge in [0.1, 0.15) is 11.6 Å². The van der Waals surface area contributed by atoms with Crippen LogP contribution in [0.4, 0.5) is 4.79 Å². The third-order valence-electron chi connectivity index (χ3n) is 21.0. The Bertz CT molecular complexity index is 4370. The Labute approximate surface area is 705 Å². The third kappa shape index (κ3) is 29.9. The number of sulfonamides is 2. The van der Waals surface area contributed by atoms with Gasteiger partial charge >= 0.3 is 6.03 Å². The number of benzene rings is 6. The molecule has 3 aliphatic heterocycles. The summed E-state index contributed by atoms with van der Waals surface area (Å²) in [4.78, 5) is 46.0. The molecule has 0 spiro atoms. The number of likely N-dealkylation sites (N-methyl/N-ethyl adjacent to an activating group) is 3. The maximum atomic E-state index is 13.5. The molecule has 0 fully saturated rings. The van der Waals surface area contributed by atoms with Gasteiger partial charge in [-0.3, -0.25) is 9.59 Å². The minimum atomic E-state index is -3.84. The predicted octanol–water partition coefficient (Wildman–Crippen LogP) is 13.4. The Balaban J connectivity index is 0.627. The quantitative estimate of drug-likeness (QED) is 0.0222. The molecule has 0 saturated heterocycles. The second kappa shape index (κ2) is 46.5. The number of unbranched alkanes of at least 4 members (excludes halogenated alkanes) is 2. The van der Waals surface area contributed by atoms with Crippen LogP contribution < -0.4 is 25.8 Å². The predicted molar refractivity (Wildman–Crippen MR) is 453 cm³/mol. The fourth-order valence-electron chi connectivity index (χ4n) is 15.1. The number of nitrogens with zero attached hydrogens (tertiary/aromatic N) is 3. The Kier molecular flexibility index (Phi) is 37.9. The van der Waals surface area contributed by atoms with E-state index in [1.54, 1.807) is 66.7 Å². The van der Waals surface area contributed by atoms with Crippen molar-refractivity contribution in [2.75, 3.05) is 152 Å². The first-order chi connectivity index (χ1) is 55.1. The summed E-state index contributed by atoms with van der Waals surface area (Å²) >= 11 is 32.6. The molecule has 1 unspecified atom stereocenters. The second-order valence-electron chi connectivity index (χ2n) is 30.3. The summed E-state index contributed by atoms with van der Waals surface area (Å²) in [5.41, 5.74) is 16.2. The van der Waals surface area contributed by atoms with E-state index >= 15 is 0 Å². The lowest BCUT2D eigenvalue weighted by Crippen LogP contribution is -2.45. The summed E-state index contributed by atoms with van der Waals surface area (Å²) in [5, 5.41) is 8.68. The molecule has 9 rings (SSSR count). The molecule has 0 bridgehead atoms. The fraction of sp³-hybridized carbons (Fsp3) is 0.536. The van der Waals surface area contributed by atoms with Gasteiger partial charge in [0, 0.05) is 159 Å². The van der Waals surface area contributed by atoms with Gasteiger partial charge in [-0.1, -0.05) is 113 Å². The number of aryl methyl sites for hydroxylation is 1. The van der Waals surface area contributed by atoms with Gasteiger partial charge in [-0.05, 0) is 202 Å². The van der Waals surface area contributed by atoms with Gasteiger partial charge in [-0.15, -0.1) is 0 Å². The summed E-state index contributed by atoms with van der Waals surface area (Å²) in [5.74, 6) is -0.106. The summed E-state index contributed by atoms with van der Waals surface area (Å²) < 4.78 is 120. The number of carbonyl (C=O) groups is 3. The van der Waals surface area contributed by atoms with Crippen molar-refractivity contribution in [2.24, 2.45) is 5.73 Å². The van der Waals surface area contributed by atoms with E-state index in [9.17, 15) is 39.6 Å². The van der Waals surface area contributed by atoms with Gasteiger partial charge in [0.15, 0.2) is 9.84 Å². The van der Waals surface area contributed by atoms with Crippen molar-refractivity contribution in [1.29, 1.82) is 0 Å². The van der Waals surface area contributed by atoms with E-state index in [1.165, 1.54) is 0 Å². The van der Waals surface area contributed by atoms with Crippen LogP contribution in [0.5, 0.6) is 0 Å². The Morgan fingerprint density at radius 1 is 0.426 bits per heavy atom. The number of fused-ring (bicyclic) bond motifs is 3. The number of hydrogen-bond acceptors (Lipinski definition) is 19. The van der Waals surface area contributed by atoms with Gasteiger partial charge in [-0.25, -0.2) is 39.5 Å². The molecule has 23 nitrogen and oxygen atoms in total. The molecular formula is C84H113Cl5N8O15S3. The number of nitrogens with two attached hydrogens (primary N) is 1. The lowest BCUT2D eigenvalue weighted by atomic mass is 9.84. The minimum absolute atomic E-state index is 0.0333. The largest absolute Gasteiger partial charge is 0.379 e. The van der Waals surface area contributed by atoms with Crippen LogP contribution in [0.25, 0.3) is 0 Å². The normalized spacial score (nSPS) is 16.7. The highest BCUT2D eigenvalue weighted by Crippen LogP contribution is 2.42. The molecule has 0 aliphatic carbocycles. The second-order valence-corrected chi connectivity index (χ2v) is 38.1. The molecule has 0 aromatic heterocycles. The van der Waals surface area contributed by atoms with Crippen molar-refractivity contribution in [3.8, 4) is 0 Å². The van der Waals surface area contributed by atoms with E-state index in [4.69, 9.17) is 92.2 Å². The van der Waals surface area contributed by atoms with E-state index < -0.39 is 35.4 Å². The topological polar surface area (TPSA) is 293 Å². The highest BCUT2D eigenvalue weighted by Gasteiger charge is 2.33. The zero-order valence-electron chi connectivity index (χ0n) is 66.4. The maximum Gasteiger partial charge on any atom is 0.314 e. The molecule has 6 aromatic carbocycles. The summed E-state index contributed by atoms with van der Waals surface area (Å²) in [6.07, 6.45) is 7.15. The monoisotopic (exact) mass is 1740 g/mol. The molecule has 115 heavy (non-hydrogen) atoms. The summed E-state index contributed by atoms with van der Waals surface area (Å²) in [7, 11) is -5.21. The maximum absolute atomic E-state index is 13.5. The average Bonchev–Trinajstić information content (AvgIpc) is 0.782. The molecule has 0 radical (unpaired) electrons. The number of urea groups is 1. The zero-order chi connectivity index (χ0) is 82.6. The van der Waals surface area contributed by atoms with Crippen molar-refractivity contribution in [2.45, 2.75) is 154 Å². The fourth-order valence-corrected chi connectivity index (χ4v) is 20.0. The Morgan fingerprint density at radius 3 is 1.23 bits per heavy atom. The van der Waals surface area contributed by atoms with Crippen molar-refractivity contribution in [3.05, 3.63) is 190 Å². The lowest BCUT2D eigenvalue weighted by molar-refractivity contribution is -0.120. The molecule has 2 amide bonds. The smallest absolute Gasteiger partial charge is 0.314 e. The number of hydrogen-bond donors (Lipinski definition) is 5. The van der Waals surface area contributed by atoms with Gasteiger partial charge < -0.3 is 59.5 Å². The van der Waals surface area contributed by atoms with E-state index in [2.05, 4.69) is 40.8 Å². The third-order valence-corrected chi connectivity index (χ3v) is 27.2. The van der Waals surface area contributed by atoms with Gasteiger partial charge in [0.2, 0.25) is 20.0 Å². The SMILES string of the molecule is Cc1cc(Cl)c2c(c1)[C@H](c1cccc(S(=O)(=O)NCCOCCOCCCC(=O)CCCCC(N)(CCCCC(=O)CCCOCCOCCNS(=O)(=O)c3cccc([C@@H]4CN(C)Cc5c(Cl)cc(Cl)cc54)c3)CCNC(=O)NCCOCCOCCCS(=O)(=O)c3cccc([C@@H]4CN(C)Cc5c(Cl)cc(Cl)cc54)c3)c1)CN(C)C2. The Hall–Kier alpha value is -5.25. The summed E-state index contributed by atoms with van der Waals surface area (Å²) in [6.45, 7) is 9.86. The molecule has 4 atom stereocenters. The average molecular weight is 1750 g/mol. The molecule has 6 N–H and O–H groups in total. The highest BCUT2D eigenvalue weighted by atomic mass is 35.5. The number of sulfone groups is 1. The van der Waals surface area contributed by atoms with E-state index in [-0.39, 0.29) is 141 Å². The molecule has 31 heteroatoms. The highest BCUT2D eigenvalue weighted by molar-refractivity contribution is 7.91. The van der Waals surface area contributed by atoms with Gasteiger partial charge in [0.05, 0.1) is 79.9 Å². The van der Waals surface area contributed by atoms with Crippen molar-refractivity contribution in [1.82, 2.24) is 34.8 Å². The molecule has 632 valence electrons. The van der Waals surface area contributed by atoms with Crippen LogP contribution in [0.3, 0.4) is 0 Å². The number of halogens is 5. The van der Waals surface area contributed by atoms with Gasteiger partial charge in [0.25, 0.3) is 0 Å². The van der Waals surface area contributed by atoms with E-state index in [0.717, 1.165) is 68.7 Å². The first-order valence-corrected chi connectivity index (χ1v) is 46.2. The lowest BCUT2D eigenvalue weighted by Gasteiger charge is -2.33. The van der Waals surface area contributed by atoms with Crippen molar-refractivity contribution >= 4 is 105 Å². The van der Waals surface area contributed by atoms with Crippen LogP contribution in [0.15, 0.2) is 124 Å². The zero-order valence-corrected chi connectivity index (χ0v) is 72.7. The number of ketones is 2. The number of amides is 2. The first kappa shape index (κ1) is 93.6. The van der Waals surface area contributed by atoms with Crippen molar-refractivity contribution < 1.29 is 68.1 Å². The number of rotatable bonds is 51. The van der Waals surface area contributed by atoms with Crippen LogP contribution in [0, 0.1) is 6.92 Å². The van der Waals surface area contributed by atoms with Crippen LogP contribution in [-0.4, -0.2) is 215 Å². The van der Waals surface area contributed by atoms with Gasteiger partial charge in [-0.2, -0.15) is 0 Å². The van der Waals surface area contributed by atoms with Crippen molar-refractivity contribution in [3.63, 3.8) is 0 Å². The van der Waals surface area contributed by atoms with E-state index in [1.807, 2.05) is 64.5 Å². The number of Topliss-reactive ketones (excluding diaryl/α,β-unsaturated/α-hetero) is 2. The first-order valence-electron chi connectivity index (χ1n) is 39.7. The molecule has 3 aliphatic rings. The minimum Gasteiger partial charge on any atom is -0.379 e. The van der Waals surface area contributed by atoms with Crippen LogP contribution in [0.1, 0.15) is 163 Å². The van der Waals surface area contributed by atoms with Crippen LogP contribution in [-0.2, 0) is 87.5 Å². The Morgan fingerprint density at radius 2 is 0.791 bits per heavy atom. The standard InChI is InChI=1S/C84H113Cl5N8O15S3/c1-60-45-71-74(54-95(2)57-77(71)80(87)46-60)62-16-10-23-69(48-62)114(103,104)93-30-36-111-42-38-107-32-12-20-66(98)18-5-7-25-84(90,27-28-91-83(100)92-29-35-110-41-40-109-34-14-44-113(101,102)68-22-9-15-61(47-68)75-55-96(3)58-78-72(75)50-64(85)52-81(78)88)26-8-6-19-67(99)21-13-33-108-39-43-112-37-31-94-115(105,106)70-24-11-17-63(49-70)76-56-97(4)59-79-73(76)51-65(86)53-82(79)89/h9-11,15-17,22-24,45-53,74-76,93-94H,5-8,12-14,18-21,25-44,54-59,90H2,1-4H3,(H2,91,92,100)/t74-,75-,76-,84?/m0/s1. The number of carbonyl (C=O) groups excluding carboxylic acids is 3. The number of ether oxygens (including phenoxy) is 6. The molecule has 0 saturated carbocycles. The summed E-state index contributed by atoms with van der Waals surface area (Å²) in [6, 6.07) is 32.0. The van der Waals surface area contributed by atoms with E-state index in [0.29, 0.717) is 161 Å². The molecular weight excluding hydrogens is 1630 g/mol. The number of nitrogens with one attached hydrogen (secondary N) is 4. The molecule has 6 aromatic rings. The van der Waals surface area contributed by atoms with Crippen LogP contribution in [0.2, 0.25) is 25.1 Å². The van der Waals surface area contributed by atoms with Crippen LogP contribution >= 0.6 is 58.0 Å².